The van der Waals surface area contributed by atoms with Crippen LogP contribution in [0, 0.1) is 40.4 Å². The van der Waals surface area contributed by atoms with Gasteiger partial charge in [-0.3, -0.25) is 24.1 Å². The van der Waals surface area contributed by atoms with Gasteiger partial charge in [0.1, 0.15) is 11.9 Å². The van der Waals surface area contributed by atoms with Crippen molar-refractivity contribution in [1.82, 2.24) is 4.90 Å². The molecule has 0 bridgehead atoms. The van der Waals surface area contributed by atoms with Gasteiger partial charge in [-0.1, -0.05) is 27.7 Å². The summed E-state index contributed by atoms with van der Waals surface area (Å²) in [6, 6.07) is 0. The Labute approximate surface area is 265 Å². The highest BCUT2D eigenvalue weighted by Crippen LogP contribution is 2.68. The number of carbonyl (C=O) groups is 5. The zero-order valence-electron chi connectivity index (χ0n) is 27.4. The Bertz CT molecular complexity index is 1110. The van der Waals surface area contributed by atoms with Crippen LogP contribution >= 0.6 is 0 Å². The van der Waals surface area contributed by atoms with Crippen LogP contribution in [-0.4, -0.2) is 97.5 Å². The van der Waals surface area contributed by atoms with Crippen LogP contribution < -0.4 is 0 Å². The average molecular weight is 640 g/mol. The number of hydrogen-bond acceptors (Lipinski definition) is 9. The summed E-state index contributed by atoms with van der Waals surface area (Å²) in [7, 11) is 0. The average Bonchev–Trinajstić information content (AvgIpc) is 3.28. The summed E-state index contributed by atoms with van der Waals surface area (Å²) in [4.78, 5) is 58.3. The van der Waals surface area contributed by atoms with Crippen molar-refractivity contribution in [2.75, 3.05) is 19.6 Å². The molecule has 0 aromatic heterocycles. The van der Waals surface area contributed by atoms with Gasteiger partial charge in [0.2, 0.25) is 0 Å². The number of esters is 1. The van der Waals surface area contributed by atoms with E-state index >= 15 is 0 Å². The number of nitrogens with zero attached hydrogens (tertiary/aromatic N) is 1. The number of carboxylic acids is 3. The van der Waals surface area contributed by atoms with Crippen molar-refractivity contribution in [2.45, 2.75) is 117 Å². The van der Waals surface area contributed by atoms with E-state index in [1.165, 1.54) is 0 Å². The van der Waals surface area contributed by atoms with Crippen LogP contribution in [-0.2, 0) is 28.7 Å². The maximum Gasteiger partial charge on any atom is 0.336 e. The highest BCUT2D eigenvalue weighted by Gasteiger charge is 2.64. The van der Waals surface area contributed by atoms with E-state index < -0.39 is 36.4 Å². The number of fused-ring (bicyclic) bond motifs is 5. The number of ether oxygens (including phenoxy) is 1. The fraction of sp³-hybridized carbons (Fsp3) is 0.848. The van der Waals surface area contributed by atoms with Gasteiger partial charge in [-0.2, -0.15) is 0 Å². The second kappa shape index (κ2) is 14.5. The van der Waals surface area contributed by atoms with Crippen LogP contribution in [0.25, 0.3) is 0 Å². The van der Waals surface area contributed by atoms with Crippen LogP contribution in [0.1, 0.15) is 98.8 Å². The summed E-state index contributed by atoms with van der Waals surface area (Å²) in [6.45, 7) is 12.7. The number of hydrogen-bond donors (Lipinski definition) is 5. The molecule has 4 fully saturated rings. The minimum atomic E-state index is -2.74. The molecule has 0 radical (unpaired) electrons. The van der Waals surface area contributed by atoms with Crippen molar-refractivity contribution in [3.8, 4) is 0 Å². The highest BCUT2D eigenvalue weighted by molar-refractivity contribution is 5.88. The Morgan fingerprint density at radius 3 is 2.00 bits per heavy atom. The smallest absolute Gasteiger partial charge is 0.336 e. The zero-order chi connectivity index (χ0) is 33.9. The summed E-state index contributed by atoms with van der Waals surface area (Å²) in [6.07, 6.45) is 5.41. The number of aliphatic carboxylic acids is 3. The summed E-state index contributed by atoms with van der Waals surface area (Å²) >= 11 is 0. The fourth-order valence-corrected chi connectivity index (χ4v) is 9.65. The monoisotopic (exact) mass is 639 g/mol. The number of Topliss-reactive ketones (excluding diaryl/α,β-unsaturated/α-hetero) is 1. The normalized spacial score (nSPS) is 35.6. The molecule has 0 saturated heterocycles. The Morgan fingerprint density at radius 2 is 1.49 bits per heavy atom. The molecule has 9 atom stereocenters. The van der Waals surface area contributed by atoms with Crippen LogP contribution in [0.2, 0.25) is 0 Å². The van der Waals surface area contributed by atoms with E-state index in [0.717, 1.165) is 64.5 Å². The minimum Gasteiger partial charge on any atom is -0.481 e. The largest absolute Gasteiger partial charge is 0.481 e. The third-order valence-corrected chi connectivity index (χ3v) is 11.9. The number of rotatable bonds is 11. The van der Waals surface area contributed by atoms with Crippen molar-refractivity contribution < 1.29 is 54.2 Å². The van der Waals surface area contributed by atoms with Gasteiger partial charge < -0.3 is 30.3 Å². The highest BCUT2D eigenvalue weighted by atomic mass is 16.5. The lowest BCUT2D eigenvalue weighted by Gasteiger charge is -2.62. The molecule has 0 unspecified atom stereocenters. The zero-order valence-corrected chi connectivity index (χ0v) is 27.4. The van der Waals surface area contributed by atoms with Gasteiger partial charge in [-0.15, -0.1) is 0 Å². The van der Waals surface area contributed by atoms with E-state index in [1.807, 2.05) is 0 Å². The van der Waals surface area contributed by atoms with Crippen molar-refractivity contribution in [1.29, 1.82) is 0 Å². The molecule has 0 aromatic carbocycles. The molecule has 4 rings (SSSR count). The van der Waals surface area contributed by atoms with Gasteiger partial charge in [0.15, 0.2) is 5.60 Å². The first-order valence-corrected chi connectivity index (χ1v) is 16.4. The van der Waals surface area contributed by atoms with Gasteiger partial charge in [-0.05, 0) is 100.0 Å². The first-order chi connectivity index (χ1) is 20.9. The summed E-state index contributed by atoms with van der Waals surface area (Å²) < 4.78 is 6.38. The molecule has 12 nitrogen and oxygen atoms in total. The number of carbonyl (C=O) groups excluding carboxylic acids is 2. The molecule has 0 heterocycles. The van der Waals surface area contributed by atoms with E-state index in [0.29, 0.717) is 36.0 Å². The van der Waals surface area contributed by atoms with Gasteiger partial charge in [0.25, 0.3) is 0 Å². The first-order valence-electron chi connectivity index (χ1n) is 16.4. The second-order valence-corrected chi connectivity index (χ2v) is 14.4. The maximum absolute atomic E-state index is 13.1. The molecule has 0 spiro atoms. The fourth-order valence-electron chi connectivity index (χ4n) is 9.65. The molecule has 5 N–H and O–H groups in total. The molecule has 0 aromatic rings. The topological polar surface area (TPSA) is 199 Å². The Kier molecular flexibility index (Phi) is 11.9. The summed E-state index contributed by atoms with van der Waals surface area (Å²) in [5.74, 6) is -2.82. The number of carboxylic acid groups (broad SMARTS) is 3. The van der Waals surface area contributed by atoms with Crippen molar-refractivity contribution in [3.05, 3.63) is 0 Å². The number of likely N-dealkylation sites (N-methyl/N-ethyl adjacent to an activating group) is 1. The summed E-state index contributed by atoms with van der Waals surface area (Å²) in [5, 5.41) is 44.2. The van der Waals surface area contributed by atoms with E-state index in [1.54, 1.807) is 6.92 Å². The third-order valence-electron chi connectivity index (χ3n) is 11.9. The van der Waals surface area contributed by atoms with Crippen LogP contribution in [0.15, 0.2) is 0 Å². The Balaban J connectivity index is 0.000000360. The van der Waals surface area contributed by atoms with E-state index in [4.69, 9.17) is 25.2 Å². The second-order valence-electron chi connectivity index (χ2n) is 14.4. The third kappa shape index (κ3) is 7.88. The maximum atomic E-state index is 13.1. The first kappa shape index (κ1) is 36.9. The predicted molar refractivity (Wildman–Crippen MR) is 162 cm³/mol. The molecule has 12 heteroatoms. The SMILES string of the molecule is CCN(CC)CC(=O)O[C@H]1C[C@]2(C)[C@@H](C(C)=O)CC[C@H]2[C@@H]2CC[C@H]3C[C@H](O)CC[C@]3(C)[C@H]21.O=C(O)CC(O)(CC(=O)O)C(=O)O. The van der Waals surface area contributed by atoms with Gasteiger partial charge in [0.05, 0.1) is 25.5 Å². The Morgan fingerprint density at radius 1 is 0.889 bits per heavy atom. The van der Waals surface area contributed by atoms with E-state index in [2.05, 4.69) is 32.6 Å². The molecular weight excluding hydrogens is 586 g/mol. The van der Waals surface area contributed by atoms with Crippen LogP contribution in [0.5, 0.6) is 0 Å². The predicted octanol–water partition coefficient (Wildman–Crippen LogP) is 3.21. The number of ketones is 1. The molecule has 45 heavy (non-hydrogen) atoms. The molecule has 0 aliphatic heterocycles. The lowest BCUT2D eigenvalue weighted by molar-refractivity contribution is -0.199. The van der Waals surface area contributed by atoms with Crippen LogP contribution in [0.3, 0.4) is 0 Å². The summed E-state index contributed by atoms with van der Waals surface area (Å²) in [5.41, 5.74) is -2.69. The number of aliphatic hydroxyl groups is 2. The standard InChI is InChI=1S/C27H45NO4.C6H8O7/c1-6-28(7-2)16-24(31)32-23-15-27(5)21(17(3)29)10-11-22(27)20-9-8-18-14-19(30)12-13-26(18,4)25(20)23;7-3(8)1-6(13,5(11)12)2-4(9)10/h18-23,25,30H,6-16H2,1-5H3;13H,1-2H2,(H,7,8)(H,9,10)(H,11,12)/t18-,19+,20-,21+,22-,23-,25+,26-,27+;/m0./s1. The minimum absolute atomic E-state index is 0.0650. The van der Waals surface area contributed by atoms with Gasteiger partial charge in [-0.25, -0.2) is 4.79 Å². The Hall–Kier alpha value is -2.57. The molecule has 4 saturated carbocycles. The van der Waals surface area contributed by atoms with Crippen LogP contribution in [0.4, 0.5) is 0 Å². The van der Waals surface area contributed by atoms with E-state index in [9.17, 15) is 29.1 Å². The molecule has 4 aliphatic rings. The quantitative estimate of drug-likeness (QED) is 0.207. The van der Waals surface area contributed by atoms with E-state index in [-0.39, 0.29) is 34.9 Å². The van der Waals surface area contributed by atoms with Gasteiger partial charge >= 0.3 is 23.9 Å². The lowest BCUT2D eigenvalue weighted by Crippen LogP contribution is -2.60. The van der Waals surface area contributed by atoms with Crippen molar-refractivity contribution in [2.24, 2.45) is 40.4 Å². The van der Waals surface area contributed by atoms with Crippen molar-refractivity contribution >= 4 is 29.7 Å². The van der Waals surface area contributed by atoms with Gasteiger partial charge in [0, 0.05) is 11.8 Å². The van der Waals surface area contributed by atoms with Crippen molar-refractivity contribution in [3.63, 3.8) is 0 Å². The lowest BCUT2D eigenvalue weighted by atomic mass is 9.43. The molecule has 256 valence electrons. The molecular formula is C33H53NO11. The number of aliphatic hydroxyl groups excluding tert-OH is 1. The molecule has 0 amide bonds. The molecule has 4 aliphatic carbocycles.